The molecule has 96 valence electrons. The van der Waals surface area contributed by atoms with Gasteiger partial charge in [0.15, 0.2) is 0 Å². The van der Waals surface area contributed by atoms with Crippen LogP contribution in [0, 0.1) is 0 Å². The molecule has 0 aliphatic carbocycles. The van der Waals surface area contributed by atoms with E-state index >= 15 is 0 Å². The summed E-state index contributed by atoms with van der Waals surface area (Å²) < 4.78 is 0. The second kappa shape index (κ2) is 7.87. The van der Waals surface area contributed by atoms with Crippen molar-refractivity contribution in [1.29, 1.82) is 0 Å². The molecule has 0 amide bonds. The van der Waals surface area contributed by atoms with Crippen molar-refractivity contribution in [1.82, 2.24) is 9.97 Å². The zero-order chi connectivity index (χ0) is 12.5. The minimum Gasteiger partial charge on any atom is -0.370 e. The van der Waals surface area contributed by atoms with E-state index in [2.05, 4.69) is 41.4 Å². The molecule has 0 aromatic carbocycles. The van der Waals surface area contributed by atoms with E-state index < -0.39 is 0 Å². The van der Waals surface area contributed by atoms with Crippen LogP contribution in [0.25, 0.3) is 0 Å². The van der Waals surface area contributed by atoms with Crippen LogP contribution in [0.4, 0.5) is 11.6 Å². The summed E-state index contributed by atoms with van der Waals surface area (Å²) in [5.74, 6) is 1.97. The third kappa shape index (κ3) is 4.21. The van der Waals surface area contributed by atoms with E-state index in [1.807, 2.05) is 0 Å². The van der Waals surface area contributed by atoms with Gasteiger partial charge in [-0.05, 0) is 19.8 Å². The molecular formula is C13H24N4. The SMILES string of the molecule is CCCCNc1ncnc(NCC)c1CCC. The molecule has 0 saturated heterocycles. The molecule has 1 aromatic rings. The highest BCUT2D eigenvalue weighted by Crippen LogP contribution is 2.21. The third-order valence-corrected chi connectivity index (χ3v) is 2.61. The lowest BCUT2D eigenvalue weighted by atomic mass is 10.1. The fraction of sp³-hybridized carbons (Fsp3) is 0.692. The van der Waals surface area contributed by atoms with Gasteiger partial charge in [0.05, 0.1) is 0 Å². The number of nitrogens with one attached hydrogen (secondary N) is 2. The summed E-state index contributed by atoms with van der Waals surface area (Å²) in [6, 6.07) is 0. The van der Waals surface area contributed by atoms with Gasteiger partial charge in [-0.3, -0.25) is 0 Å². The third-order valence-electron chi connectivity index (χ3n) is 2.61. The van der Waals surface area contributed by atoms with Gasteiger partial charge in [-0.1, -0.05) is 26.7 Å². The van der Waals surface area contributed by atoms with Crippen molar-refractivity contribution in [3.63, 3.8) is 0 Å². The zero-order valence-corrected chi connectivity index (χ0v) is 11.2. The van der Waals surface area contributed by atoms with Gasteiger partial charge >= 0.3 is 0 Å². The summed E-state index contributed by atoms with van der Waals surface area (Å²) in [6.45, 7) is 8.33. The normalized spacial score (nSPS) is 10.3. The fourth-order valence-corrected chi connectivity index (χ4v) is 1.75. The molecule has 0 radical (unpaired) electrons. The minimum absolute atomic E-state index is 0.891. The van der Waals surface area contributed by atoms with Crippen molar-refractivity contribution in [2.75, 3.05) is 23.7 Å². The maximum atomic E-state index is 4.35. The number of anilines is 2. The molecule has 0 bridgehead atoms. The number of unbranched alkanes of at least 4 members (excludes halogenated alkanes) is 1. The van der Waals surface area contributed by atoms with Gasteiger partial charge < -0.3 is 10.6 Å². The monoisotopic (exact) mass is 236 g/mol. The van der Waals surface area contributed by atoms with Crippen molar-refractivity contribution in [3.8, 4) is 0 Å². The number of hydrogen-bond donors (Lipinski definition) is 2. The van der Waals surface area contributed by atoms with Crippen molar-refractivity contribution in [3.05, 3.63) is 11.9 Å². The van der Waals surface area contributed by atoms with E-state index in [0.717, 1.165) is 37.6 Å². The quantitative estimate of drug-likeness (QED) is 0.681. The van der Waals surface area contributed by atoms with Crippen molar-refractivity contribution in [2.45, 2.75) is 46.5 Å². The molecule has 1 heterocycles. The smallest absolute Gasteiger partial charge is 0.134 e. The van der Waals surface area contributed by atoms with E-state index in [9.17, 15) is 0 Å². The summed E-state index contributed by atoms with van der Waals surface area (Å²) >= 11 is 0. The summed E-state index contributed by atoms with van der Waals surface area (Å²) in [5, 5.41) is 6.71. The van der Waals surface area contributed by atoms with Crippen LogP contribution in [-0.4, -0.2) is 23.1 Å². The fourth-order valence-electron chi connectivity index (χ4n) is 1.75. The number of nitrogens with zero attached hydrogens (tertiary/aromatic N) is 2. The standard InChI is InChI=1S/C13H24N4/c1-4-7-9-15-13-11(8-5-2)12(14-6-3)16-10-17-13/h10H,4-9H2,1-3H3,(H2,14,15,16,17). The van der Waals surface area contributed by atoms with Crippen LogP contribution in [-0.2, 0) is 6.42 Å². The van der Waals surface area contributed by atoms with Crippen LogP contribution >= 0.6 is 0 Å². The lowest BCUT2D eigenvalue weighted by Gasteiger charge is -2.14. The van der Waals surface area contributed by atoms with Gasteiger partial charge in [0.25, 0.3) is 0 Å². The van der Waals surface area contributed by atoms with Crippen LogP contribution < -0.4 is 10.6 Å². The molecule has 0 unspecified atom stereocenters. The summed E-state index contributed by atoms with van der Waals surface area (Å²) in [6.07, 6.45) is 6.12. The Labute approximate surface area is 104 Å². The van der Waals surface area contributed by atoms with E-state index in [0.29, 0.717) is 0 Å². The van der Waals surface area contributed by atoms with Crippen LogP contribution in [0.15, 0.2) is 6.33 Å². The molecule has 0 fully saturated rings. The van der Waals surface area contributed by atoms with Gasteiger partial charge in [-0.15, -0.1) is 0 Å². The van der Waals surface area contributed by atoms with Gasteiger partial charge in [-0.25, -0.2) is 9.97 Å². The number of hydrogen-bond acceptors (Lipinski definition) is 4. The second-order valence-electron chi connectivity index (χ2n) is 4.11. The van der Waals surface area contributed by atoms with Crippen molar-refractivity contribution >= 4 is 11.6 Å². The van der Waals surface area contributed by atoms with Gasteiger partial charge in [0.1, 0.15) is 18.0 Å². The van der Waals surface area contributed by atoms with Crippen LogP contribution in [0.2, 0.25) is 0 Å². The lowest BCUT2D eigenvalue weighted by molar-refractivity contribution is 0.823. The van der Waals surface area contributed by atoms with Crippen molar-refractivity contribution < 1.29 is 0 Å². The molecule has 0 aliphatic rings. The van der Waals surface area contributed by atoms with Gasteiger partial charge in [0, 0.05) is 18.7 Å². The number of aromatic nitrogens is 2. The average molecular weight is 236 g/mol. The Hall–Kier alpha value is -1.32. The highest BCUT2D eigenvalue weighted by Gasteiger charge is 2.09. The van der Waals surface area contributed by atoms with E-state index in [-0.39, 0.29) is 0 Å². The Balaban J connectivity index is 2.81. The van der Waals surface area contributed by atoms with E-state index in [4.69, 9.17) is 0 Å². The molecule has 1 rings (SSSR count). The average Bonchev–Trinajstić information content (AvgIpc) is 2.33. The molecule has 0 spiro atoms. The van der Waals surface area contributed by atoms with Gasteiger partial charge in [0.2, 0.25) is 0 Å². The molecule has 0 atom stereocenters. The lowest BCUT2D eigenvalue weighted by Crippen LogP contribution is -2.10. The maximum Gasteiger partial charge on any atom is 0.134 e. The van der Waals surface area contributed by atoms with Crippen molar-refractivity contribution in [2.24, 2.45) is 0 Å². The Morgan fingerprint density at radius 3 is 2.29 bits per heavy atom. The largest absolute Gasteiger partial charge is 0.370 e. The van der Waals surface area contributed by atoms with E-state index in [1.165, 1.54) is 18.4 Å². The molecular weight excluding hydrogens is 212 g/mol. The highest BCUT2D eigenvalue weighted by molar-refractivity contribution is 5.57. The molecule has 17 heavy (non-hydrogen) atoms. The number of rotatable bonds is 8. The highest BCUT2D eigenvalue weighted by atomic mass is 15.1. The van der Waals surface area contributed by atoms with Crippen LogP contribution in [0.3, 0.4) is 0 Å². The predicted octanol–water partition coefficient (Wildman–Crippen LogP) is 3.07. The van der Waals surface area contributed by atoms with Crippen LogP contribution in [0.5, 0.6) is 0 Å². The molecule has 0 saturated carbocycles. The molecule has 4 nitrogen and oxygen atoms in total. The molecule has 4 heteroatoms. The first-order valence-electron chi connectivity index (χ1n) is 6.65. The summed E-state index contributed by atoms with van der Waals surface area (Å²) in [5.41, 5.74) is 1.22. The minimum atomic E-state index is 0.891. The molecule has 2 N–H and O–H groups in total. The first-order valence-corrected chi connectivity index (χ1v) is 6.65. The Morgan fingerprint density at radius 2 is 1.71 bits per heavy atom. The zero-order valence-electron chi connectivity index (χ0n) is 11.2. The van der Waals surface area contributed by atoms with Crippen LogP contribution in [0.1, 0.15) is 45.6 Å². The Bertz CT molecular complexity index is 325. The Kier molecular flexibility index (Phi) is 6.37. The van der Waals surface area contributed by atoms with Gasteiger partial charge in [-0.2, -0.15) is 0 Å². The second-order valence-corrected chi connectivity index (χ2v) is 4.11. The Morgan fingerprint density at radius 1 is 1.00 bits per heavy atom. The summed E-state index contributed by atoms with van der Waals surface area (Å²) in [7, 11) is 0. The maximum absolute atomic E-state index is 4.35. The molecule has 0 aliphatic heterocycles. The summed E-state index contributed by atoms with van der Waals surface area (Å²) in [4.78, 5) is 8.66. The first kappa shape index (κ1) is 13.7. The predicted molar refractivity (Wildman–Crippen MR) is 73.6 cm³/mol. The topological polar surface area (TPSA) is 49.8 Å². The molecule has 1 aromatic heterocycles. The first-order chi connectivity index (χ1) is 8.33. The van der Waals surface area contributed by atoms with E-state index in [1.54, 1.807) is 6.33 Å².